The average molecular weight is 390 g/mol. The number of nitrogens with one attached hydrogen (secondary N) is 1. The van der Waals surface area contributed by atoms with Gasteiger partial charge in [-0.05, 0) is 10.8 Å². The summed E-state index contributed by atoms with van der Waals surface area (Å²) in [5.74, 6) is -0.420. The van der Waals surface area contributed by atoms with Crippen LogP contribution in [0.2, 0.25) is 0 Å². The molecular formula is C20H18N6O3. The molecular weight excluding hydrogens is 372 g/mol. The fourth-order valence-corrected chi connectivity index (χ4v) is 3.24. The Morgan fingerprint density at radius 2 is 1.86 bits per heavy atom. The van der Waals surface area contributed by atoms with Crippen LogP contribution in [0.1, 0.15) is 5.56 Å². The molecule has 0 bridgehead atoms. The number of benzene rings is 2. The summed E-state index contributed by atoms with van der Waals surface area (Å²) in [5.41, 5.74) is 2.77. The molecule has 0 aliphatic carbocycles. The van der Waals surface area contributed by atoms with Crippen LogP contribution in [0, 0.1) is 0 Å². The lowest BCUT2D eigenvalue weighted by atomic mass is 10.1. The Morgan fingerprint density at radius 1 is 1.10 bits per heavy atom. The Kier molecular flexibility index (Phi) is 4.55. The van der Waals surface area contributed by atoms with E-state index in [2.05, 4.69) is 15.5 Å². The summed E-state index contributed by atoms with van der Waals surface area (Å²) in [6.07, 6.45) is 2.94. The van der Waals surface area contributed by atoms with Crippen LogP contribution in [0.3, 0.4) is 0 Å². The van der Waals surface area contributed by atoms with Gasteiger partial charge in [0, 0.05) is 19.7 Å². The highest BCUT2D eigenvalue weighted by Crippen LogP contribution is 2.16. The van der Waals surface area contributed by atoms with Crippen LogP contribution in [0.25, 0.3) is 21.9 Å². The number of carbonyl (C=O) groups is 1. The summed E-state index contributed by atoms with van der Waals surface area (Å²) in [4.78, 5) is 40.8. The molecule has 4 aromatic rings. The summed E-state index contributed by atoms with van der Waals surface area (Å²) >= 11 is 0. The standard InChI is InChI=1S/C20H18N6O3/c1-24-18-17(19(28)25(2)20(24)29)26(12-21-18)11-16(27)23-22-10-14-8-5-7-13-6-3-4-9-15(13)14/h3-10,12H,11H2,1-2H3,(H,23,27)/b22-10+. The second-order valence-electron chi connectivity index (χ2n) is 6.61. The van der Waals surface area contributed by atoms with E-state index < -0.39 is 17.2 Å². The maximum absolute atomic E-state index is 12.4. The van der Waals surface area contributed by atoms with E-state index in [0.29, 0.717) is 0 Å². The molecule has 9 nitrogen and oxygen atoms in total. The SMILES string of the molecule is Cn1c(=O)c2c(ncn2CC(=O)N/N=C/c2cccc3ccccc23)n(C)c1=O. The molecule has 0 aliphatic rings. The van der Waals surface area contributed by atoms with Gasteiger partial charge in [-0.3, -0.25) is 18.7 Å². The fourth-order valence-electron chi connectivity index (χ4n) is 3.24. The van der Waals surface area contributed by atoms with Crippen molar-refractivity contribution in [3.8, 4) is 0 Å². The first-order valence-corrected chi connectivity index (χ1v) is 8.88. The van der Waals surface area contributed by atoms with E-state index in [1.54, 1.807) is 6.21 Å². The monoisotopic (exact) mass is 390 g/mol. The van der Waals surface area contributed by atoms with Crippen LogP contribution < -0.4 is 16.7 Å². The first-order chi connectivity index (χ1) is 14.0. The molecule has 0 unspecified atom stereocenters. The minimum atomic E-state index is -0.507. The van der Waals surface area contributed by atoms with E-state index in [0.717, 1.165) is 20.9 Å². The van der Waals surface area contributed by atoms with Gasteiger partial charge in [0.1, 0.15) is 6.54 Å². The zero-order chi connectivity index (χ0) is 20.5. The molecule has 0 saturated heterocycles. The largest absolute Gasteiger partial charge is 0.332 e. The smallest absolute Gasteiger partial charge is 0.315 e. The summed E-state index contributed by atoms with van der Waals surface area (Å²) in [7, 11) is 2.91. The molecule has 2 aromatic carbocycles. The number of fused-ring (bicyclic) bond motifs is 2. The van der Waals surface area contributed by atoms with Gasteiger partial charge < -0.3 is 4.57 Å². The van der Waals surface area contributed by atoms with Crippen molar-refractivity contribution in [2.45, 2.75) is 6.54 Å². The van der Waals surface area contributed by atoms with Crippen molar-refractivity contribution in [3.63, 3.8) is 0 Å². The highest BCUT2D eigenvalue weighted by atomic mass is 16.2. The molecule has 4 rings (SSSR count). The van der Waals surface area contributed by atoms with Crippen LogP contribution in [0.4, 0.5) is 0 Å². The first kappa shape index (κ1) is 18.4. The Balaban J connectivity index is 1.56. The topological polar surface area (TPSA) is 103 Å². The zero-order valence-electron chi connectivity index (χ0n) is 15.9. The number of aromatic nitrogens is 4. The maximum atomic E-state index is 12.4. The molecule has 1 N–H and O–H groups in total. The molecule has 0 fully saturated rings. The van der Waals surface area contributed by atoms with Crippen molar-refractivity contribution in [1.29, 1.82) is 0 Å². The van der Waals surface area contributed by atoms with Gasteiger partial charge in [0.15, 0.2) is 11.2 Å². The predicted molar refractivity (Wildman–Crippen MR) is 110 cm³/mol. The molecule has 0 radical (unpaired) electrons. The normalized spacial score (nSPS) is 11.5. The van der Waals surface area contributed by atoms with Crippen LogP contribution in [0.5, 0.6) is 0 Å². The van der Waals surface area contributed by atoms with E-state index >= 15 is 0 Å². The van der Waals surface area contributed by atoms with Crippen LogP contribution in [0.15, 0.2) is 63.5 Å². The van der Waals surface area contributed by atoms with Crippen molar-refractivity contribution in [1.82, 2.24) is 24.1 Å². The molecule has 1 amide bonds. The first-order valence-electron chi connectivity index (χ1n) is 8.88. The van der Waals surface area contributed by atoms with E-state index in [1.807, 2.05) is 42.5 Å². The molecule has 29 heavy (non-hydrogen) atoms. The Morgan fingerprint density at radius 3 is 2.69 bits per heavy atom. The summed E-state index contributed by atoms with van der Waals surface area (Å²) in [5, 5.41) is 6.13. The van der Waals surface area contributed by atoms with Gasteiger partial charge >= 0.3 is 5.69 Å². The number of imidazole rings is 1. The predicted octanol–water partition coefficient (Wildman–Crippen LogP) is 0.737. The highest BCUT2D eigenvalue weighted by molar-refractivity contribution is 5.99. The number of carbonyl (C=O) groups excluding carboxylic acids is 1. The van der Waals surface area contributed by atoms with E-state index in [1.165, 1.54) is 29.6 Å². The molecule has 0 spiro atoms. The number of hydrogen-bond acceptors (Lipinski definition) is 5. The van der Waals surface area contributed by atoms with E-state index in [-0.39, 0.29) is 17.7 Å². The average Bonchev–Trinajstić information content (AvgIpc) is 3.14. The Hall–Kier alpha value is -4.01. The molecule has 2 heterocycles. The van der Waals surface area contributed by atoms with Crippen molar-refractivity contribution < 1.29 is 4.79 Å². The number of nitrogens with zero attached hydrogens (tertiary/aromatic N) is 5. The minimum absolute atomic E-state index is 0.156. The zero-order valence-corrected chi connectivity index (χ0v) is 15.9. The lowest BCUT2D eigenvalue weighted by Gasteiger charge is -2.06. The summed E-state index contributed by atoms with van der Waals surface area (Å²) < 4.78 is 3.65. The van der Waals surface area contributed by atoms with Crippen molar-refractivity contribution in [2.75, 3.05) is 0 Å². The Bertz CT molecular complexity index is 1390. The maximum Gasteiger partial charge on any atom is 0.332 e. The molecule has 9 heteroatoms. The molecule has 0 atom stereocenters. The van der Waals surface area contributed by atoms with E-state index in [9.17, 15) is 14.4 Å². The second kappa shape index (κ2) is 7.19. The van der Waals surface area contributed by atoms with Crippen molar-refractivity contribution >= 4 is 34.1 Å². The number of amides is 1. The third-order valence-electron chi connectivity index (χ3n) is 4.75. The van der Waals surface area contributed by atoms with Gasteiger partial charge in [0.2, 0.25) is 0 Å². The number of hydrogen-bond donors (Lipinski definition) is 1. The van der Waals surface area contributed by atoms with Gasteiger partial charge in [0.05, 0.1) is 12.5 Å². The van der Waals surface area contributed by atoms with Crippen LogP contribution in [-0.4, -0.2) is 30.8 Å². The van der Waals surface area contributed by atoms with Gasteiger partial charge in [-0.1, -0.05) is 42.5 Å². The Labute approximate surface area is 164 Å². The van der Waals surface area contributed by atoms with Gasteiger partial charge in [-0.2, -0.15) is 5.10 Å². The highest BCUT2D eigenvalue weighted by Gasteiger charge is 2.15. The summed E-state index contributed by atoms with van der Waals surface area (Å²) in [6.45, 7) is -0.156. The molecule has 0 saturated carbocycles. The molecule has 2 aromatic heterocycles. The lowest BCUT2D eigenvalue weighted by molar-refractivity contribution is -0.121. The number of hydrazone groups is 1. The second-order valence-corrected chi connectivity index (χ2v) is 6.61. The quantitative estimate of drug-likeness (QED) is 0.410. The van der Waals surface area contributed by atoms with Crippen LogP contribution >= 0.6 is 0 Å². The summed E-state index contributed by atoms with van der Waals surface area (Å²) in [6, 6.07) is 13.7. The lowest BCUT2D eigenvalue weighted by Crippen LogP contribution is -2.38. The number of aryl methyl sites for hydroxylation is 1. The van der Waals surface area contributed by atoms with E-state index in [4.69, 9.17) is 0 Å². The molecule has 0 aliphatic heterocycles. The third kappa shape index (κ3) is 3.22. The fraction of sp³-hybridized carbons (Fsp3) is 0.150. The minimum Gasteiger partial charge on any atom is -0.315 e. The van der Waals surface area contributed by atoms with Crippen molar-refractivity contribution in [3.05, 3.63) is 75.2 Å². The third-order valence-corrected chi connectivity index (χ3v) is 4.75. The molecule has 146 valence electrons. The van der Waals surface area contributed by atoms with Crippen molar-refractivity contribution in [2.24, 2.45) is 19.2 Å². The van der Waals surface area contributed by atoms with Crippen LogP contribution in [-0.2, 0) is 25.4 Å². The van der Waals surface area contributed by atoms with Gasteiger partial charge in [-0.25, -0.2) is 15.2 Å². The van der Waals surface area contributed by atoms with Gasteiger partial charge in [-0.15, -0.1) is 0 Å². The number of rotatable bonds is 4. The van der Waals surface area contributed by atoms with Gasteiger partial charge in [0.25, 0.3) is 11.5 Å².